The molecule has 1 aromatic carbocycles. The van der Waals surface area contributed by atoms with Crippen LogP contribution in [0.15, 0.2) is 46.2 Å². The van der Waals surface area contributed by atoms with E-state index in [1.165, 1.54) is 16.5 Å². The average molecular weight is 558 g/mol. The van der Waals surface area contributed by atoms with Crippen LogP contribution in [0, 0.1) is 5.92 Å². The molecule has 3 heterocycles. The lowest BCUT2D eigenvalue weighted by Gasteiger charge is -2.31. The van der Waals surface area contributed by atoms with Gasteiger partial charge in [-0.3, -0.25) is 9.36 Å². The Bertz CT molecular complexity index is 1350. The third-order valence-electron chi connectivity index (χ3n) is 7.85. The number of rotatable bonds is 7. The Kier molecular flexibility index (Phi) is 8.14. The molecule has 3 aromatic rings. The molecule has 1 aliphatic carbocycles. The van der Waals surface area contributed by atoms with Crippen molar-refractivity contribution >= 4 is 28.9 Å². The molecule has 1 N–H and O–H groups in total. The lowest BCUT2D eigenvalue weighted by molar-refractivity contribution is -0.0510. The summed E-state index contributed by atoms with van der Waals surface area (Å²) in [5.41, 5.74) is 1.37. The Hall–Kier alpha value is -2.72. The number of hydrogen-bond acceptors (Lipinski definition) is 7. The predicted octanol–water partition coefficient (Wildman–Crippen LogP) is 6.64. The topological polar surface area (TPSA) is 72.3 Å². The van der Waals surface area contributed by atoms with Crippen LogP contribution in [0.5, 0.6) is 5.75 Å². The summed E-state index contributed by atoms with van der Waals surface area (Å²) in [4.78, 5) is 23.6. The van der Waals surface area contributed by atoms with Gasteiger partial charge < -0.3 is 10.1 Å². The van der Waals surface area contributed by atoms with Gasteiger partial charge in [-0.1, -0.05) is 46.2 Å². The molecule has 0 amide bonds. The predicted molar refractivity (Wildman–Crippen MR) is 152 cm³/mol. The summed E-state index contributed by atoms with van der Waals surface area (Å²) in [6, 6.07) is 10.2. The second-order valence-electron chi connectivity index (χ2n) is 11.7. The summed E-state index contributed by atoms with van der Waals surface area (Å²) in [5.74, 6) is 0.331. The van der Waals surface area contributed by atoms with Gasteiger partial charge in [0, 0.05) is 41.7 Å². The van der Waals surface area contributed by atoms with E-state index in [9.17, 15) is 13.6 Å². The third kappa shape index (κ3) is 6.38. The lowest BCUT2D eigenvalue weighted by atomic mass is 9.87. The van der Waals surface area contributed by atoms with Gasteiger partial charge >= 0.3 is 6.61 Å². The van der Waals surface area contributed by atoms with Crippen molar-refractivity contribution in [2.24, 2.45) is 5.92 Å². The van der Waals surface area contributed by atoms with Gasteiger partial charge in [0.1, 0.15) is 5.65 Å². The highest BCUT2D eigenvalue weighted by Crippen LogP contribution is 2.37. The van der Waals surface area contributed by atoms with Gasteiger partial charge in [-0.2, -0.15) is 13.8 Å². The van der Waals surface area contributed by atoms with Crippen LogP contribution in [0.3, 0.4) is 0 Å². The second kappa shape index (κ2) is 11.4. The number of benzene rings is 1. The molecule has 1 aliphatic heterocycles. The van der Waals surface area contributed by atoms with Crippen molar-refractivity contribution in [1.29, 1.82) is 0 Å². The molecule has 210 valence electrons. The van der Waals surface area contributed by atoms with E-state index in [1.54, 1.807) is 22.7 Å². The molecule has 2 atom stereocenters. The highest BCUT2D eigenvalue weighted by atomic mass is 32.2. The van der Waals surface area contributed by atoms with Crippen LogP contribution < -0.4 is 15.6 Å². The minimum Gasteiger partial charge on any atom is -0.429 e. The standard InChI is InChI=1S/C29H37F2N5O2S/c1-18-6-5-7-23(18)36-25-19(16-24(26(36)37)38-27(30)31)17-32-28(34-25)33-21-12-14-35(15-13-21)39-22-10-8-20(9-11-22)29(2,3)4/h8-11,16-18,21,23,27H,5-7,12-15H2,1-4H3,(H,32,33,34). The first-order chi connectivity index (χ1) is 18.6. The summed E-state index contributed by atoms with van der Waals surface area (Å²) >= 11 is 1.79. The summed E-state index contributed by atoms with van der Waals surface area (Å²) < 4.78 is 34.5. The van der Waals surface area contributed by atoms with E-state index < -0.39 is 12.2 Å². The van der Waals surface area contributed by atoms with E-state index in [0.717, 1.165) is 45.2 Å². The van der Waals surface area contributed by atoms with E-state index in [2.05, 4.69) is 71.3 Å². The fourth-order valence-electron chi connectivity index (χ4n) is 5.60. The Morgan fingerprint density at radius 3 is 2.44 bits per heavy atom. The molecule has 10 heteroatoms. The van der Waals surface area contributed by atoms with Crippen molar-refractivity contribution in [2.45, 2.75) is 88.8 Å². The van der Waals surface area contributed by atoms with E-state index >= 15 is 0 Å². The molecule has 39 heavy (non-hydrogen) atoms. The number of hydrogen-bond donors (Lipinski definition) is 1. The number of piperidine rings is 1. The maximum atomic E-state index is 13.2. The maximum absolute atomic E-state index is 13.2. The number of fused-ring (bicyclic) bond motifs is 1. The zero-order valence-corrected chi connectivity index (χ0v) is 23.8. The molecule has 1 saturated heterocycles. The largest absolute Gasteiger partial charge is 0.429 e. The first kappa shape index (κ1) is 27.8. The molecule has 1 saturated carbocycles. The molecule has 7 nitrogen and oxygen atoms in total. The number of ether oxygens (including phenoxy) is 1. The Morgan fingerprint density at radius 2 is 1.82 bits per heavy atom. The summed E-state index contributed by atoms with van der Waals surface area (Å²) in [5, 5.41) is 3.96. The number of nitrogens with one attached hydrogen (secondary N) is 1. The van der Waals surface area contributed by atoms with E-state index in [0.29, 0.717) is 17.0 Å². The zero-order valence-electron chi connectivity index (χ0n) is 23.0. The summed E-state index contributed by atoms with van der Waals surface area (Å²) in [7, 11) is 0. The van der Waals surface area contributed by atoms with Gasteiger partial charge in [0.25, 0.3) is 5.56 Å². The smallest absolute Gasteiger partial charge is 0.387 e. The molecule has 2 aromatic heterocycles. The molecule has 2 unspecified atom stereocenters. The van der Waals surface area contributed by atoms with Crippen molar-refractivity contribution in [2.75, 3.05) is 18.4 Å². The number of nitrogens with zero attached hydrogens (tertiary/aromatic N) is 4. The van der Waals surface area contributed by atoms with Crippen molar-refractivity contribution in [3.63, 3.8) is 0 Å². The van der Waals surface area contributed by atoms with Crippen molar-refractivity contribution in [1.82, 2.24) is 18.8 Å². The van der Waals surface area contributed by atoms with Crippen LogP contribution >= 0.6 is 11.9 Å². The second-order valence-corrected chi connectivity index (χ2v) is 12.9. The SMILES string of the molecule is CC1CCCC1n1c(=O)c(OC(F)F)cc2cnc(NC3CCN(Sc4ccc(C(C)(C)C)cc4)CC3)nc21. The Balaban J connectivity index is 1.29. The number of alkyl halides is 2. The van der Waals surface area contributed by atoms with Crippen LogP contribution in [0.4, 0.5) is 14.7 Å². The molecule has 0 spiro atoms. The lowest BCUT2D eigenvalue weighted by Crippen LogP contribution is -2.36. The van der Waals surface area contributed by atoms with Crippen molar-refractivity contribution < 1.29 is 13.5 Å². The highest BCUT2D eigenvalue weighted by Gasteiger charge is 2.30. The number of aromatic nitrogens is 3. The Morgan fingerprint density at radius 1 is 1.10 bits per heavy atom. The molecular weight excluding hydrogens is 520 g/mol. The number of pyridine rings is 1. The fourth-order valence-corrected chi connectivity index (χ4v) is 6.55. The fraction of sp³-hybridized carbons (Fsp3) is 0.552. The molecule has 0 bridgehead atoms. The van der Waals surface area contributed by atoms with Crippen LogP contribution in [-0.2, 0) is 5.41 Å². The first-order valence-electron chi connectivity index (χ1n) is 13.8. The van der Waals surface area contributed by atoms with Gasteiger partial charge in [-0.25, -0.2) is 9.29 Å². The third-order valence-corrected chi connectivity index (χ3v) is 8.95. The number of halogens is 2. The minimum absolute atomic E-state index is 0.110. The molecule has 2 aliphatic rings. The van der Waals surface area contributed by atoms with Crippen molar-refractivity contribution in [3.05, 3.63) is 52.4 Å². The van der Waals surface area contributed by atoms with E-state index in [1.807, 2.05) is 0 Å². The van der Waals surface area contributed by atoms with E-state index in [-0.39, 0.29) is 29.2 Å². The quantitative estimate of drug-likeness (QED) is 0.327. The van der Waals surface area contributed by atoms with Gasteiger partial charge in [0.2, 0.25) is 5.95 Å². The highest BCUT2D eigenvalue weighted by molar-refractivity contribution is 7.97. The molecular formula is C29H37F2N5O2S. The van der Waals surface area contributed by atoms with Gasteiger partial charge in [0.15, 0.2) is 5.75 Å². The van der Waals surface area contributed by atoms with Crippen LogP contribution in [0.1, 0.15) is 71.4 Å². The summed E-state index contributed by atoms with van der Waals surface area (Å²) in [6.45, 7) is 7.53. The normalized spacial score (nSPS) is 21.1. The van der Waals surface area contributed by atoms with Gasteiger partial charge in [-0.15, -0.1) is 0 Å². The minimum atomic E-state index is -3.07. The monoisotopic (exact) mass is 557 g/mol. The van der Waals surface area contributed by atoms with Crippen LogP contribution in [0.2, 0.25) is 0 Å². The first-order valence-corrected chi connectivity index (χ1v) is 14.5. The van der Waals surface area contributed by atoms with Crippen LogP contribution in [-0.4, -0.2) is 44.6 Å². The summed E-state index contributed by atoms with van der Waals surface area (Å²) in [6.07, 6.45) is 6.21. The van der Waals surface area contributed by atoms with Crippen LogP contribution in [0.25, 0.3) is 11.0 Å². The Labute approximate surface area is 232 Å². The van der Waals surface area contributed by atoms with Crippen molar-refractivity contribution in [3.8, 4) is 5.75 Å². The average Bonchev–Trinajstić information content (AvgIpc) is 3.31. The van der Waals surface area contributed by atoms with Gasteiger partial charge in [-0.05, 0) is 72.7 Å². The molecule has 5 rings (SSSR count). The maximum Gasteiger partial charge on any atom is 0.387 e. The molecule has 2 fully saturated rings. The number of anilines is 1. The zero-order chi connectivity index (χ0) is 27.7. The molecule has 0 radical (unpaired) electrons. The van der Waals surface area contributed by atoms with E-state index in [4.69, 9.17) is 4.98 Å². The van der Waals surface area contributed by atoms with Gasteiger partial charge in [0.05, 0.1) is 0 Å².